The van der Waals surface area contributed by atoms with E-state index in [2.05, 4.69) is 16.1 Å². The van der Waals surface area contributed by atoms with E-state index >= 15 is 0 Å². The van der Waals surface area contributed by atoms with E-state index in [9.17, 15) is 9.59 Å². The fraction of sp³-hybridized carbons (Fsp3) is 0.231. The molecule has 5 heteroatoms. The lowest BCUT2D eigenvalue weighted by molar-refractivity contribution is 0.0551. The van der Waals surface area contributed by atoms with E-state index in [1.807, 2.05) is 0 Å². The van der Waals surface area contributed by atoms with Gasteiger partial charge in [-0.1, -0.05) is 18.7 Å². The normalized spacial score (nSPS) is 9.44. The van der Waals surface area contributed by atoms with Crippen molar-refractivity contribution < 1.29 is 23.8 Å². The highest BCUT2D eigenvalue weighted by molar-refractivity contribution is 6.05. The third-order valence-corrected chi connectivity index (χ3v) is 2.18. The summed E-state index contributed by atoms with van der Waals surface area (Å²) in [5, 5.41) is 0. The zero-order chi connectivity index (χ0) is 13.5. The van der Waals surface area contributed by atoms with Crippen molar-refractivity contribution in [1.29, 1.82) is 0 Å². The van der Waals surface area contributed by atoms with Gasteiger partial charge in [0.15, 0.2) is 0 Å². The van der Waals surface area contributed by atoms with E-state index in [0.717, 1.165) is 0 Å². The molecule has 0 aliphatic heterocycles. The second-order valence-corrected chi connectivity index (χ2v) is 3.26. The summed E-state index contributed by atoms with van der Waals surface area (Å²) in [5.41, 5.74) is 0.152. The molecule has 0 spiro atoms. The van der Waals surface area contributed by atoms with Gasteiger partial charge >= 0.3 is 11.9 Å². The molecule has 0 amide bonds. The van der Waals surface area contributed by atoms with E-state index in [4.69, 9.17) is 4.74 Å². The summed E-state index contributed by atoms with van der Waals surface area (Å²) in [4.78, 5) is 23.3. The Balaban J connectivity index is 3.29. The number of esters is 2. The molecule has 0 N–H and O–H groups in total. The van der Waals surface area contributed by atoms with Gasteiger partial charge in [0, 0.05) is 0 Å². The van der Waals surface area contributed by atoms with Gasteiger partial charge in [-0.25, -0.2) is 9.59 Å². The number of hydrogen-bond donors (Lipinski definition) is 0. The second-order valence-electron chi connectivity index (χ2n) is 3.26. The van der Waals surface area contributed by atoms with E-state index in [1.165, 1.54) is 26.4 Å². The predicted octanol–water partition coefficient (Wildman–Crippen LogP) is 1.82. The van der Waals surface area contributed by atoms with Crippen LogP contribution in [0.2, 0.25) is 0 Å². The number of ether oxygens (including phenoxy) is 3. The monoisotopic (exact) mass is 250 g/mol. The van der Waals surface area contributed by atoms with Crippen molar-refractivity contribution in [3.8, 4) is 5.75 Å². The van der Waals surface area contributed by atoms with Crippen molar-refractivity contribution in [3.63, 3.8) is 0 Å². The third-order valence-electron chi connectivity index (χ3n) is 2.18. The lowest BCUT2D eigenvalue weighted by atomic mass is 10.1. The standard InChI is InChI=1S/C13H14O5/c1-4-8-18-10-7-5-6-9(12(14)16-2)11(10)13(15)17-3/h4-7H,1,8H2,2-3H3. The topological polar surface area (TPSA) is 61.8 Å². The molecule has 0 bridgehead atoms. The van der Waals surface area contributed by atoms with Gasteiger partial charge in [-0.05, 0) is 12.1 Å². The van der Waals surface area contributed by atoms with Crippen molar-refractivity contribution in [2.75, 3.05) is 20.8 Å². The molecule has 1 aromatic rings. The van der Waals surface area contributed by atoms with Crippen LogP contribution in [0.25, 0.3) is 0 Å². The van der Waals surface area contributed by atoms with Crippen LogP contribution in [0.4, 0.5) is 0 Å². The molecule has 0 unspecified atom stereocenters. The third kappa shape index (κ3) is 2.88. The smallest absolute Gasteiger partial charge is 0.342 e. The van der Waals surface area contributed by atoms with E-state index in [-0.39, 0.29) is 23.5 Å². The summed E-state index contributed by atoms with van der Waals surface area (Å²) in [6, 6.07) is 4.64. The van der Waals surface area contributed by atoms with Gasteiger partial charge in [-0.15, -0.1) is 0 Å². The molecular weight excluding hydrogens is 236 g/mol. The van der Waals surface area contributed by atoms with Crippen LogP contribution in [-0.2, 0) is 9.47 Å². The van der Waals surface area contributed by atoms with Crippen LogP contribution >= 0.6 is 0 Å². The van der Waals surface area contributed by atoms with Crippen molar-refractivity contribution in [2.45, 2.75) is 0 Å². The number of rotatable bonds is 5. The lowest BCUT2D eigenvalue weighted by Crippen LogP contribution is -2.14. The SMILES string of the molecule is C=CCOc1cccc(C(=O)OC)c1C(=O)OC. The molecule has 0 aliphatic carbocycles. The molecule has 0 heterocycles. The van der Waals surface area contributed by atoms with Crippen LogP contribution in [-0.4, -0.2) is 32.8 Å². The molecule has 0 atom stereocenters. The lowest BCUT2D eigenvalue weighted by Gasteiger charge is -2.11. The van der Waals surface area contributed by atoms with Crippen LogP contribution < -0.4 is 4.74 Å². The summed E-state index contributed by atoms with van der Waals surface area (Å²) in [7, 11) is 2.47. The molecule has 0 fully saturated rings. The fourth-order valence-corrected chi connectivity index (χ4v) is 1.39. The average Bonchev–Trinajstić information content (AvgIpc) is 2.42. The quantitative estimate of drug-likeness (QED) is 0.589. The summed E-state index contributed by atoms with van der Waals surface area (Å²) < 4.78 is 14.6. The minimum atomic E-state index is -0.657. The Morgan fingerprint density at radius 1 is 1.22 bits per heavy atom. The van der Waals surface area contributed by atoms with Crippen LogP contribution in [0.3, 0.4) is 0 Å². The molecule has 0 saturated heterocycles. The van der Waals surface area contributed by atoms with E-state index in [1.54, 1.807) is 12.1 Å². The number of carbonyl (C=O) groups is 2. The predicted molar refractivity (Wildman–Crippen MR) is 64.8 cm³/mol. The van der Waals surface area contributed by atoms with Crippen molar-refractivity contribution in [2.24, 2.45) is 0 Å². The van der Waals surface area contributed by atoms with Gasteiger partial charge < -0.3 is 14.2 Å². The molecule has 0 aromatic heterocycles. The first-order valence-electron chi connectivity index (χ1n) is 5.19. The number of carbonyl (C=O) groups excluding carboxylic acids is 2. The fourth-order valence-electron chi connectivity index (χ4n) is 1.39. The summed E-state index contributed by atoms with van der Waals surface area (Å²) >= 11 is 0. The first kappa shape index (κ1) is 13.8. The highest BCUT2D eigenvalue weighted by atomic mass is 16.5. The second kappa shape index (κ2) is 6.44. The first-order chi connectivity index (χ1) is 8.65. The minimum absolute atomic E-state index is 0.0497. The Hall–Kier alpha value is -2.30. The van der Waals surface area contributed by atoms with Crippen LogP contribution in [0.1, 0.15) is 20.7 Å². The Morgan fingerprint density at radius 2 is 1.89 bits per heavy atom. The first-order valence-corrected chi connectivity index (χ1v) is 5.19. The molecule has 5 nitrogen and oxygen atoms in total. The zero-order valence-corrected chi connectivity index (χ0v) is 10.3. The summed E-state index contributed by atoms with van der Waals surface area (Å²) in [6.07, 6.45) is 1.53. The number of methoxy groups -OCH3 is 2. The molecule has 0 radical (unpaired) electrons. The van der Waals surface area contributed by atoms with Crippen LogP contribution in [0.5, 0.6) is 5.75 Å². The molecule has 18 heavy (non-hydrogen) atoms. The van der Waals surface area contributed by atoms with Crippen molar-refractivity contribution >= 4 is 11.9 Å². The van der Waals surface area contributed by atoms with Crippen LogP contribution in [0.15, 0.2) is 30.9 Å². The molecule has 1 rings (SSSR count). The van der Waals surface area contributed by atoms with Gasteiger partial charge in [-0.2, -0.15) is 0 Å². The minimum Gasteiger partial charge on any atom is -0.489 e. The average molecular weight is 250 g/mol. The van der Waals surface area contributed by atoms with E-state index < -0.39 is 11.9 Å². The van der Waals surface area contributed by atoms with Gasteiger partial charge in [-0.3, -0.25) is 0 Å². The molecule has 96 valence electrons. The summed E-state index contributed by atoms with van der Waals surface area (Å²) in [6.45, 7) is 3.73. The Kier molecular flexibility index (Phi) is 4.92. The molecular formula is C13H14O5. The highest BCUT2D eigenvalue weighted by Gasteiger charge is 2.22. The van der Waals surface area contributed by atoms with E-state index in [0.29, 0.717) is 0 Å². The highest BCUT2D eigenvalue weighted by Crippen LogP contribution is 2.24. The maximum absolute atomic E-state index is 11.7. The Labute approximate surface area is 105 Å². The van der Waals surface area contributed by atoms with Crippen molar-refractivity contribution in [1.82, 2.24) is 0 Å². The van der Waals surface area contributed by atoms with Gasteiger partial charge in [0.1, 0.15) is 17.9 Å². The zero-order valence-electron chi connectivity index (χ0n) is 10.3. The maximum atomic E-state index is 11.7. The number of benzene rings is 1. The molecule has 1 aromatic carbocycles. The van der Waals surface area contributed by atoms with Gasteiger partial charge in [0.05, 0.1) is 19.8 Å². The Bertz CT molecular complexity index is 464. The largest absolute Gasteiger partial charge is 0.489 e. The van der Waals surface area contributed by atoms with Crippen molar-refractivity contribution in [3.05, 3.63) is 42.0 Å². The maximum Gasteiger partial charge on any atom is 0.342 e. The van der Waals surface area contributed by atoms with Gasteiger partial charge in [0.2, 0.25) is 0 Å². The number of hydrogen-bond acceptors (Lipinski definition) is 5. The molecule has 0 saturated carbocycles. The summed E-state index contributed by atoms with van der Waals surface area (Å²) in [5.74, 6) is -1.03. The van der Waals surface area contributed by atoms with Gasteiger partial charge in [0.25, 0.3) is 0 Å². The Morgan fingerprint density at radius 3 is 2.44 bits per heavy atom. The van der Waals surface area contributed by atoms with Crippen LogP contribution in [0, 0.1) is 0 Å². The molecule has 0 aliphatic rings.